The second-order valence-electron chi connectivity index (χ2n) is 3.87. The van der Waals surface area contributed by atoms with Gasteiger partial charge in [0.15, 0.2) is 0 Å². The summed E-state index contributed by atoms with van der Waals surface area (Å²) >= 11 is 1.87. The highest BCUT2D eigenvalue weighted by atomic mass is 32.2. The van der Waals surface area contributed by atoms with Gasteiger partial charge in [0.2, 0.25) is 0 Å². The van der Waals surface area contributed by atoms with Gasteiger partial charge >= 0.3 is 0 Å². The third kappa shape index (κ3) is 4.67. The zero-order valence-electron chi connectivity index (χ0n) is 7.98. The normalized spacial score (nSPS) is 15.0. The zero-order chi connectivity index (χ0) is 8.91. The maximum absolute atomic E-state index is 5.44. The van der Waals surface area contributed by atoms with Crippen molar-refractivity contribution in [2.75, 3.05) is 12.0 Å². The van der Waals surface area contributed by atoms with Crippen LogP contribution in [0.4, 0.5) is 0 Å². The lowest BCUT2D eigenvalue weighted by atomic mass is 9.86. The second-order valence-corrected chi connectivity index (χ2v) is 4.85. The molecule has 0 radical (unpaired) electrons. The molecule has 0 amide bonds. The maximum atomic E-state index is 5.44. The van der Waals surface area contributed by atoms with Crippen LogP contribution in [0, 0.1) is 5.41 Å². The van der Waals surface area contributed by atoms with Crippen molar-refractivity contribution in [1.29, 1.82) is 0 Å². The number of thioether (sulfide) groups is 1. The molecule has 0 aliphatic carbocycles. The number of nitrogens with one attached hydrogen (secondary N) is 1. The van der Waals surface area contributed by atoms with Crippen LogP contribution in [0.15, 0.2) is 0 Å². The fourth-order valence-corrected chi connectivity index (χ4v) is 1.47. The van der Waals surface area contributed by atoms with Crippen LogP contribution in [0.25, 0.3) is 0 Å². The fraction of sp³-hybridized carbons (Fsp3) is 1.00. The first-order chi connectivity index (χ1) is 5.02. The van der Waals surface area contributed by atoms with Gasteiger partial charge in [0.1, 0.15) is 0 Å². The molecule has 0 spiro atoms. The average Bonchev–Trinajstić information content (AvgIpc) is 1.87. The molecule has 0 aromatic carbocycles. The predicted octanol–water partition coefficient (Wildman–Crippen LogP) is 1.62. The van der Waals surface area contributed by atoms with Crippen molar-refractivity contribution in [3.8, 4) is 0 Å². The Morgan fingerprint density at radius 3 is 2.27 bits per heavy atom. The van der Waals surface area contributed by atoms with Gasteiger partial charge in [-0.05, 0) is 23.8 Å². The van der Waals surface area contributed by atoms with Crippen LogP contribution >= 0.6 is 11.8 Å². The lowest BCUT2D eigenvalue weighted by Crippen LogP contribution is -2.44. The molecule has 0 fully saturated rings. The van der Waals surface area contributed by atoms with E-state index in [4.69, 9.17) is 5.84 Å². The molecule has 0 heterocycles. The third-order valence-electron chi connectivity index (χ3n) is 1.86. The van der Waals surface area contributed by atoms with Crippen LogP contribution in [-0.4, -0.2) is 18.1 Å². The lowest BCUT2D eigenvalue weighted by Gasteiger charge is -2.29. The van der Waals surface area contributed by atoms with Gasteiger partial charge in [-0.25, -0.2) is 0 Å². The van der Waals surface area contributed by atoms with Crippen molar-refractivity contribution in [3.05, 3.63) is 0 Å². The molecular weight excluding hydrogens is 156 g/mol. The third-order valence-corrected chi connectivity index (χ3v) is 2.50. The first kappa shape index (κ1) is 11.3. The van der Waals surface area contributed by atoms with E-state index in [-0.39, 0.29) is 5.41 Å². The van der Waals surface area contributed by atoms with Crippen LogP contribution in [-0.2, 0) is 0 Å². The summed E-state index contributed by atoms with van der Waals surface area (Å²) in [4.78, 5) is 0. The summed E-state index contributed by atoms with van der Waals surface area (Å²) in [6.07, 6.45) is 3.26. The number of hydrogen-bond acceptors (Lipinski definition) is 3. The molecule has 0 aromatic heterocycles. The van der Waals surface area contributed by atoms with E-state index in [0.717, 1.165) is 6.42 Å². The molecule has 1 atom stereocenters. The minimum absolute atomic E-state index is 0.268. The quantitative estimate of drug-likeness (QED) is 0.505. The summed E-state index contributed by atoms with van der Waals surface area (Å²) in [5, 5.41) is 0. The van der Waals surface area contributed by atoms with Crippen LogP contribution in [0.5, 0.6) is 0 Å². The van der Waals surface area contributed by atoms with Gasteiger partial charge in [-0.15, -0.1) is 0 Å². The molecule has 11 heavy (non-hydrogen) atoms. The predicted molar refractivity (Wildman–Crippen MR) is 53.6 cm³/mol. The Kier molecular flexibility index (Phi) is 5.13. The maximum Gasteiger partial charge on any atom is 0.0266 e. The van der Waals surface area contributed by atoms with Crippen molar-refractivity contribution in [1.82, 2.24) is 5.43 Å². The summed E-state index contributed by atoms with van der Waals surface area (Å²) in [5.74, 6) is 6.61. The molecule has 68 valence electrons. The standard InChI is InChI=1S/C8H20N2S/c1-8(2,3)7(10-9)5-6-11-4/h7,10H,5-6,9H2,1-4H3. The summed E-state index contributed by atoms with van der Waals surface area (Å²) in [6, 6.07) is 0.426. The zero-order valence-corrected chi connectivity index (χ0v) is 8.79. The summed E-state index contributed by atoms with van der Waals surface area (Å²) in [5.41, 5.74) is 3.13. The van der Waals surface area contributed by atoms with E-state index < -0.39 is 0 Å². The Balaban J connectivity index is 3.76. The van der Waals surface area contributed by atoms with Crippen LogP contribution in [0.2, 0.25) is 0 Å². The van der Waals surface area contributed by atoms with Gasteiger partial charge < -0.3 is 0 Å². The number of rotatable bonds is 4. The van der Waals surface area contributed by atoms with Gasteiger partial charge in [0, 0.05) is 6.04 Å². The van der Waals surface area contributed by atoms with Crippen molar-refractivity contribution in [3.63, 3.8) is 0 Å². The highest BCUT2D eigenvalue weighted by molar-refractivity contribution is 7.98. The van der Waals surface area contributed by atoms with Crippen LogP contribution < -0.4 is 11.3 Å². The van der Waals surface area contributed by atoms with Crippen molar-refractivity contribution in [2.24, 2.45) is 11.3 Å². The first-order valence-corrected chi connectivity index (χ1v) is 5.37. The van der Waals surface area contributed by atoms with E-state index >= 15 is 0 Å². The van der Waals surface area contributed by atoms with Gasteiger partial charge in [-0.2, -0.15) is 11.8 Å². The van der Waals surface area contributed by atoms with E-state index in [1.165, 1.54) is 5.75 Å². The molecule has 1 unspecified atom stereocenters. The first-order valence-electron chi connectivity index (χ1n) is 3.97. The fourth-order valence-electron chi connectivity index (χ4n) is 1.00. The molecule has 0 aromatic rings. The van der Waals surface area contributed by atoms with Crippen molar-refractivity contribution < 1.29 is 0 Å². The van der Waals surface area contributed by atoms with E-state index in [2.05, 4.69) is 32.5 Å². The van der Waals surface area contributed by atoms with E-state index in [0.29, 0.717) is 6.04 Å². The molecule has 0 saturated carbocycles. The molecule has 0 bridgehead atoms. The summed E-state index contributed by atoms with van der Waals surface area (Å²) < 4.78 is 0. The van der Waals surface area contributed by atoms with E-state index in [1.807, 2.05) is 11.8 Å². The van der Waals surface area contributed by atoms with Gasteiger partial charge in [-0.1, -0.05) is 20.8 Å². The van der Waals surface area contributed by atoms with Crippen LogP contribution in [0.1, 0.15) is 27.2 Å². The van der Waals surface area contributed by atoms with Gasteiger partial charge in [-0.3, -0.25) is 11.3 Å². The van der Waals surface area contributed by atoms with Crippen LogP contribution in [0.3, 0.4) is 0 Å². The number of hydrogen-bond donors (Lipinski definition) is 2. The Labute approximate surface area is 74.3 Å². The lowest BCUT2D eigenvalue weighted by molar-refractivity contribution is 0.265. The van der Waals surface area contributed by atoms with Gasteiger partial charge in [0.05, 0.1) is 0 Å². The molecule has 3 N–H and O–H groups in total. The Bertz CT molecular complexity index is 98.8. The van der Waals surface area contributed by atoms with E-state index in [9.17, 15) is 0 Å². The van der Waals surface area contributed by atoms with Crippen molar-refractivity contribution in [2.45, 2.75) is 33.2 Å². The smallest absolute Gasteiger partial charge is 0.0266 e. The summed E-state index contributed by atoms with van der Waals surface area (Å²) in [6.45, 7) is 6.62. The molecule has 0 rings (SSSR count). The van der Waals surface area contributed by atoms with E-state index in [1.54, 1.807) is 0 Å². The molecule has 2 nitrogen and oxygen atoms in total. The Morgan fingerprint density at radius 2 is 2.00 bits per heavy atom. The highest BCUT2D eigenvalue weighted by Gasteiger charge is 2.22. The molecular formula is C8H20N2S. The second kappa shape index (κ2) is 5.01. The largest absolute Gasteiger partial charge is 0.271 e. The minimum atomic E-state index is 0.268. The Hall–Kier alpha value is 0.270. The minimum Gasteiger partial charge on any atom is -0.271 e. The average molecular weight is 176 g/mol. The Morgan fingerprint density at radius 1 is 1.45 bits per heavy atom. The number of hydrazine groups is 1. The highest BCUT2D eigenvalue weighted by Crippen LogP contribution is 2.21. The van der Waals surface area contributed by atoms with Crippen molar-refractivity contribution >= 4 is 11.8 Å². The SMILES string of the molecule is CSCCC(NN)C(C)(C)C. The topological polar surface area (TPSA) is 38.0 Å². The molecule has 3 heteroatoms. The monoisotopic (exact) mass is 176 g/mol. The number of nitrogens with two attached hydrogens (primary N) is 1. The molecule has 0 aliphatic heterocycles. The summed E-state index contributed by atoms with van der Waals surface area (Å²) in [7, 11) is 0. The molecule has 0 aliphatic rings. The molecule has 0 saturated heterocycles. The van der Waals surface area contributed by atoms with Gasteiger partial charge in [0.25, 0.3) is 0 Å².